The third kappa shape index (κ3) is 3.78. The van der Waals surface area contributed by atoms with Crippen LogP contribution in [0.1, 0.15) is 17.2 Å². The lowest BCUT2D eigenvalue weighted by Gasteiger charge is -2.22. The molecule has 2 aromatic carbocycles. The van der Waals surface area contributed by atoms with Gasteiger partial charge in [0.15, 0.2) is 5.17 Å². The largest absolute Gasteiger partial charge is 0.549 e. The maximum atomic E-state index is 10.6. The summed E-state index contributed by atoms with van der Waals surface area (Å²) in [6.07, 6.45) is 0. The van der Waals surface area contributed by atoms with Crippen molar-refractivity contribution in [3.05, 3.63) is 71.8 Å². The molecule has 0 amide bonds. The molecule has 116 valence electrons. The van der Waals surface area contributed by atoms with Crippen molar-refractivity contribution in [3.63, 3.8) is 0 Å². The van der Waals surface area contributed by atoms with E-state index in [-0.39, 0.29) is 11.8 Å². The average molecular weight is 324 g/mol. The number of benzene rings is 2. The molecule has 0 saturated carbocycles. The molecule has 1 aliphatic rings. The highest BCUT2D eigenvalue weighted by Gasteiger charge is 2.23. The Morgan fingerprint density at radius 2 is 1.74 bits per heavy atom. The maximum absolute atomic E-state index is 10.6. The number of carboxylic acid groups (broad SMARTS) is 1. The summed E-state index contributed by atoms with van der Waals surface area (Å²) in [6.45, 7) is 0. The van der Waals surface area contributed by atoms with Gasteiger partial charge >= 0.3 is 0 Å². The van der Waals surface area contributed by atoms with Crippen LogP contribution in [0.15, 0.2) is 70.8 Å². The highest BCUT2D eigenvalue weighted by Crippen LogP contribution is 2.26. The van der Waals surface area contributed by atoms with Gasteiger partial charge in [-0.05, 0) is 5.56 Å². The number of carboxylic acids is 1. The van der Waals surface area contributed by atoms with E-state index in [2.05, 4.69) is 15.5 Å². The van der Waals surface area contributed by atoms with Crippen LogP contribution in [0, 0.1) is 0 Å². The Morgan fingerprint density at radius 3 is 2.39 bits per heavy atom. The van der Waals surface area contributed by atoms with Crippen molar-refractivity contribution in [1.29, 1.82) is 0 Å². The Balaban J connectivity index is 1.93. The van der Waals surface area contributed by atoms with E-state index in [4.69, 9.17) is 0 Å². The fourth-order valence-corrected chi connectivity index (χ4v) is 2.82. The van der Waals surface area contributed by atoms with Crippen molar-refractivity contribution >= 4 is 28.6 Å². The minimum absolute atomic E-state index is 0.163. The van der Waals surface area contributed by atoms with Crippen LogP contribution in [0.25, 0.3) is 0 Å². The summed E-state index contributed by atoms with van der Waals surface area (Å²) in [4.78, 5) is 15.3. The molecule has 0 aliphatic carbocycles. The molecular formula is C17H14N3O2S-. The van der Waals surface area contributed by atoms with Gasteiger partial charge in [0.05, 0.1) is 11.7 Å². The molecule has 0 fully saturated rings. The van der Waals surface area contributed by atoms with Crippen LogP contribution in [-0.4, -0.2) is 22.6 Å². The van der Waals surface area contributed by atoms with Gasteiger partial charge in [0, 0.05) is 11.3 Å². The van der Waals surface area contributed by atoms with Crippen LogP contribution in [0.3, 0.4) is 0 Å². The maximum Gasteiger partial charge on any atom is 0.178 e. The molecule has 0 unspecified atom stereocenters. The molecule has 3 rings (SSSR count). The SMILES string of the molecule is O=C([O-])CSC1=N[C@@H](c2ccccc2)C(c2ccccc2)=NN1. The van der Waals surface area contributed by atoms with Crippen LogP contribution in [-0.2, 0) is 4.79 Å². The molecule has 0 saturated heterocycles. The monoisotopic (exact) mass is 324 g/mol. The number of carbonyl (C=O) groups is 1. The van der Waals surface area contributed by atoms with Gasteiger partial charge < -0.3 is 9.90 Å². The molecule has 5 nitrogen and oxygen atoms in total. The van der Waals surface area contributed by atoms with Crippen LogP contribution in [0.5, 0.6) is 0 Å². The Kier molecular flexibility index (Phi) is 4.73. The number of nitrogens with one attached hydrogen (secondary N) is 1. The molecule has 0 aromatic heterocycles. The average Bonchev–Trinajstić information content (AvgIpc) is 2.61. The van der Waals surface area contributed by atoms with E-state index in [1.165, 1.54) is 0 Å². The highest BCUT2D eigenvalue weighted by molar-refractivity contribution is 8.14. The molecular weight excluding hydrogens is 310 g/mol. The summed E-state index contributed by atoms with van der Waals surface area (Å²) in [7, 11) is 0. The molecule has 1 aliphatic heterocycles. The molecule has 0 spiro atoms. The standard InChI is InChI=1S/C17H15N3O2S/c21-14(22)11-23-17-18-15(12-7-3-1-4-8-12)16(19-20-17)13-9-5-2-6-10-13/h1-10,15H,11H2,(H,18,20)(H,21,22)/p-1/t15-/m0/s1. The first-order chi connectivity index (χ1) is 11.2. The number of hydrazone groups is 1. The molecule has 1 heterocycles. The van der Waals surface area contributed by atoms with Gasteiger partial charge in [-0.15, -0.1) is 0 Å². The summed E-state index contributed by atoms with van der Waals surface area (Å²) in [5.41, 5.74) is 5.61. The topological polar surface area (TPSA) is 76.9 Å². The predicted molar refractivity (Wildman–Crippen MR) is 90.2 cm³/mol. The zero-order valence-corrected chi connectivity index (χ0v) is 13.0. The Labute approximate surface area is 138 Å². The first kappa shape index (κ1) is 15.3. The quantitative estimate of drug-likeness (QED) is 0.926. The fraction of sp³-hybridized carbons (Fsp3) is 0.118. The number of aliphatic imine (C=N–C) groups is 1. The Morgan fingerprint density at radius 1 is 1.09 bits per heavy atom. The van der Waals surface area contributed by atoms with Gasteiger partial charge in [0.2, 0.25) is 0 Å². The zero-order chi connectivity index (χ0) is 16.1. The number of nitrogens with zero attached hydrogens (tertiary/aromatic N) is 2. The normalized spacial score (nSPS) is 17.0. The van der Waals surface area contributed by atoms with Gasteiger partial charge in [0.25, 0.3) is 0 Å². The molecule has 6 heteroatoms. The first-order valence-corrected chi connectivity index (χ1v) is 8.07. The smallest absolute Gasteiger partial charge is 0.178 e. The van der Waals surface area contributed by atoms with Crippen LogP contribution >= 0.6 is 11.8 Å². The number of thioether (sulfide) groups is 1. The Bertz CT molecular complexity index is 745. The van der Waals surface area contributed by atoms with Crippen molar-refractivity contribution in [1.82, 2.24) is 5.43 Å². The number of hydrogen-bond acceptors (Lipinski definition) is 6. The number of rotatable bonds is 4. The minimum atomic E-state index is -1.13. The molecule has 23 heavy (non-hydrogen) atoms. The molecule has 0 bridgehead atoms. The lowest BCUT2D eigenvalue weighted by molar-refractivity contribution is -0.301. The lowest BCUT2D eigenvalue weighted by atomic mass is 9.97. The van der Waals surface area contributed by atoms with Crippen LogP contribution < -0.4 is 10.5 Å². The van der Waals surface area contributed by atoms with Crippen molar-refractivity contribution in [2.45, 2.75) is 6.04 Å². The predicted octanol–water partition coefficient (Wildman–Crippen LogP) is 1.57. The number of aliphatic carboxylic acids is 1. The van der Waals surface area contributed by atoms with E-state index in [1.54, 1.807) is 0 Å². The van der Waals surface area contributed by atoms with E-state index in [1.807, 2.05) is 60.7 Å². The number of hydrogen-bond donors (Lipinski definition) is 1. The second-order valence-corrected chi connectivity index (χ2v) is 5.85. The van der Waals surface area contributed by atoms with E-state index in [0.29, 0.717) is 5.17 Å². The third-order valence-corrected chi connectivity index (χ3v) is 4.14. The summed E-state index contributed by atoms with van der Waals surface area (Å²) < 4.78 is 0. The second kappa shape index (κ2) is 7.11. The number of amidine groups is 1. The van der Waals surface area contributed by atoms with E-state index >= 15 is 0 Å². The fourth-order valence-electron chi connectivity index (χ4n) is 2.27. The van der Waals surface area contributed by atoms with Crippen LogP contribution in [0.4, 0.5) is 0 Å². The third-order valence-electron chi connectivity index (χ3n) is 3.29. The van der Waals surface area contributed by atoms with E-state index in [9.17, 15) is 9.90 Å². The van der Waals surface area contributed by atoms with Gasteiger partial charge in [-0.1, -0.05) is 72.4 Å². The van der Waals surface area contributed by atoms with Gasteiger partial charge in [-0.25, -0.2) is 4.99 Å². The summed E-state index contributed by atoms with van der Waals surface area (Å²) in [6, 6.07) is 19.3. The summed E-state index contributed by atoms with van der Waals surface area (Å²) in [5.74, 6) is -1.29. The summed E-state index contributed by atoms with van der Waals surface area (Å²) >= 11 is 1.07. The van der Waals surface area contributed by atoms with Crippen molar-refractivity contribution in [3.8, 4) is 0 Å². The van der Waals surface area contributed by atoms with Gasteiger partial charge in [-0.2, -0.15) is 5.10 Å². The minimum Gasteiger partial charge on any atom is -0.549 e. The van der Waals surface area contributed by atoms with E-state index in [0.717, 1.165) is 28.6 Å². The first-order valence-electron chi connectivity index (χ1n) is 7.08. The van der Waals surface area contributed by atoms with E-state index < -0.39 is 5.97 Å². The molecule has 1 N–H and O–H groups in total. The summed E-state index contributed by atoms with van der Waals surface area (Å²) in [5, 5.41) is 15.5. The van der Waals surface area contributed by atoms with Crippen molar-refractivity contribution in [2.24, 2.45) is 10.1 Å². The van der Waals surface area contributed by atoms with Gasteiger partial charge in [0.1, 0.15) is 6.04 Å². The Hall–Kier alpha value is -2.60. The van der Waals surface area contributed by atoms with Crippen molar-refractivity contribution < 1.29 is 9.90 Å². The highest BCUT2D eigenvalue weighted by atomic mass is 32.2. The van der Waals surface area contributed by atoms with Crippen molar-refractivity contribution in [2.75, 3.05) is 5.75 Å². The van der Waals surface area contributed by atoms with Crippen LogP contribution in [0.2, 0.25) is 0 Å². The zero-order valence-electron chi connectivity index (χ0n) is 12.2. The van der Waals surface area contributed by atoms with Gasteiger partial charge in [-0.3, -0.25) is 5.43 Å². The molecule has 0 radical (unpaired) electrons. The number of carbonyl (C=O) groups excluding carboxylic acids is 1. The molecule has 2 aromatic rings. The lowest BCUT2D eigenvalue weighted by Crippen LogP contribution is -2.30. The second-order valence-electron chi connectivity index (χ2n) is 4.88. The molecule has 1 atom stereocenters.